The molecule has 0 spiro atoms. The van der Waals surface area contributed by atoms with Gasteiger partial charge in [0, 0.05) is 12.1 Å². The first-order valence-corrected chi connectivity index (χ1v) is 5.00. The predicted molar refractivity (Wildman–Crippen MR) is 61.3 cm³/mol. The fourth-order valence-electron chi connectivity index (χ4n) is 1.38. The van der Waals surface area contributed by atoms with E-state index < -0.39 is 4.92 Å². The maximum atomic E-state index is 10.9. The van der Waals surface area contributed by atoms with E-state index in [0.29, 0.717) is 6.54 Å². The summed E-state index contributed by atoms with van der Waals surface area (Å²) in [6.45, 7) is 0.359. The zero-order valence-corrected chi connectivity index (χ0v) is 9.49. The van der Waals surface area contributed by atoms with Crippen molar-refractivity contribution < 1.29 is 14.1 Å². The molecular weight excluding hydrogens is 240 g/mol. The summed E-state index contributed by atoms with van der Waals surface area (Å²) in [6, 6.07) is 1.75. The molecule has 94 valence electrons. The molecule has 0 radical (unpaired) electrons. The number of aromatic nitrogens is 2. The summed E-state index contributed by atoms with van der Waals surface area (Å²) < 4.78 is 9.73. The minimum atomic E-state index is -0.587. The summed E-state index contributed by atoms with van der Waals surface area (Å²) in [5.41, 5.74) is 0.561. The second-order valence-electron chi connectivity index (χ2n) is 3.32. The van der Waals surface area contributed by atoms with E-state index in [1.807, 2.05) is 0 Å². The molecule has 0 fully saturated rings. The highest BCUT2D eigenvalue weighted by Gasteiger charge is 2.23. The van der Waals surface area contributed by atoms with Crippen molar-refractivity contribution in [2.24, 2.45) is 0 Å². The van der Waals surface area contributed by atoms with Gasteiger partial charge in [0.05, 0.1) is 24.6 Å². The van der Waals surface area contributed by atoms with Gasteiger partial charge in [-0.1, -0.05) is 0 Å². The van der Waals surface area contributed by atoms with Gasteiger partial charge >= 0.3 is 5.69 Å². The molecule has 1 N–H and O–H groups in total. The van der Waals surface area contributed by atoms with Gasteiger partial charge in [-0.05, 0) is 6.07 Å². The van der Waals surface area contributed by atoms with E-state index >= 15 is 0 Å². The number of hydrogen-bond acceptors (Lipinski definition) is 7. The summed E-state index contributed by atoms with van der Waals surface area (Å²) in [5.74, 6) is 0.0257. The number of furan rings is 1. The Balaban J connectivity index is 2.24. The normalized spacial score (nSPS) is 10.1. The highest BCUT2D eigenvalue weighted by molar-refractivity contribution is 5.61. The maximum absolute atomic E-state index is 10.9. The second-order valence-corrected chi connectivity index (χ2v) is 3.32. The first-order valence-electron chi connectivity index (χ1n) is 5.00. The Morgan fingerprint density at radius 3 is 3.00 bits per heavy atom. The number of ether oxygens (including phenoxy) is 1. The number of anilines is 1. The maximum Gasteiger partial charge on any atom is 0.372 e. The highest BCUT2D eigenvalue weighted by atomic mass is 16.6. The van der Waals surface area contributed by atoms with Gasteiger partial charge in [-0.15, -0.1) is 0 Å². The highest BCUT2D eigenvalue weighted by Crippen LogP contribution is 2.30. The van der Waals surface area contributed by atoms with Crippen LogP contribution in [0.15, 0.2) is 29.3 Å². The van der Waals surface area contributed by atoms with Crippen LogP contribution in [0.1, 0.15) is 5.56 Å². The molecular formula is C10H10N4O4. The Hall–Kier alpha value is -2.64. The molecule has 0 unspecified atom stereocenters. The van der Waals surface area contributed by atoms with Gasteiger partial charge < -0.3 is 14.5 Å². The third kappa shape index (κ3) is 2.37. The average Bonchev–Trinajstić information content (AvgIpc) is 2.88. The number of nitrogens with zero attached hydrogens (tertiary/aromatic N) is 3. The van der Waals surface area contributed by atoms with Crippen LogP contribution in [0.25, 0.3) is 0 Å². The third-order valence-corrected chi connectivity index (χ3v) is 2.20. The molecule has 8 nitrogen and oxygen atoms in total. The molecule has 2 rings (SSSR count). The van der Waals surface area contributed by atoms with Gasteiger partial charge in [-0.3, -0.25) is 10.1 Å². The molecule has 18 heavy (non-hydrogen) atoms. The van der Waals surface area contributed by atoms with E-state index in [-0.39, 0.29) is 17.4 Å². The Morgan fingerprint density at radius 1 is 1.56 bits per heavy atom. The van der Waals surface area contributed by atoms with E-state index in [0.717, 1.165) is 5.56 Å². The minimum Gasteiger partial charge on any atom is -0.476 e. The van der Waals surface area contributed by atoms with Crippen LogP contribution in [-0.4, -0.2) is 22.0 Å². The van der Waals surface area contributed by atoms with Crippen molar-refractivity contribution in [3.63, 3.8) is 0 Å². The molecule has 0 atom stereocenters. The first-order chi connectivity index (χ1) is 8.72. The molecule has 0 saturated carbocycles. The van der Waals surface area contributed by atoms with Crippen molar-refractivity contribution >= 4 is 11.5 Å². The van der Waals surface area contributed by atoms with Crippen molar-refractivity contribution in [1.29, 1.82) is 0 Å². The molecule has 2 aromatic heterocycles. The van der Waals surface area contributed by atoms with E-state index in [2.05, 4.69) is 15.3 Å². The van der Waals surface area contributed by atoms with Gasteiger partial charge in [0.25, 0.3) is 5.88 Å². The van der Waals surface area contributed by atoms with Crippen LogP contribution in [-0.2, 0) is 6.54 Å². The number of nitro groups is 1. The Kier molecular flexibility index (Phi) is 3.37. The van der Waals surface area contributed by atoms with E-state index in [1.54, 1.807) is 6.07 Å². The second kappa shape index (κ2) is 5.13. The Morgan fingerprint density at radius 2 is 2.39 bits per heavy atom. The number of hydrogen-bond donors (Lipinski definition) is 1. The zero-order valence-electron chi connectivity index (χ0n) is 9.49. The van der Waals surface area contributed by atoms with Crippen LogP contribution in [0, 0.1) is 10.1 Å². The lowest BCUT2D eigenvalue weighted by atomic mass is 10.3. The lowest BCUT2D eigenvalue weighted by molar-refractivity contribution is -0.385. The summed E-state index contributed by atoms with van der Waals surface area (Å²) in [5, 5.41) is 13.8. The molecule has 0 bridgehead atoms. The van der Waals surface area contributed by atoms with Crippen molar-refractivity contribution in [2.45, 2.75) is 6.54 Å². The molecule has 8 heteroatoms. The van der Waals surface area contributed by atoms with Crippen LogP contribution in [0.3, 0.4) is 0 Å². The van der Waals surface area contributed by atoms with Crippen LogP contribution >= 0.6 is 0 Å². The summed E-state index contributed by atoms with van der Waals surface area (Å²) in [4.78, 5) is 17.9. The standard InChI is InChI=1S/C10H10N4O4/c1-17-10-8(14(15)16)9(12-6-13-10)11-4-7-2-3-18-5-7/h2-3,5-6H,4H2,1H3,(H,11,12,13). The van der Waals surface area contributed by atoms with Gasteiger partial charge in [0.15, 0.2) is 0 Å². The first kappa shape index (κ1) is 11.8. The predicted octanol–water partition coefficient (Wildman–Crippen LogP) is 1.60. The van der Waals surface area contributed by atoms with E-state index in [9.17, 15) is 10.1 Å². The number of nitrogens with one attached hydrogen (secondary N) is 1. The lowest BCUT2D eigenvalue weighted by Crippen LogP contribution is -2.06. The molecule has 0 amide bonds. The molecule has 0 aromatic carbocycles. The summed E-state index contributed by atoms with van der Waals surface area (Å²) in [7, 11) is 1.31. The monoisotopic (exact) mass is 250 g/mol. The van der Waals surface area contributed by atoms with Crippen molar-refractivity contribution in [3.8, 4) is 5.88 Å². The zero-order chi connectivity index (χ0) is 13.0. The Bertz CT molecular complexity index is 541. The van der Waals surface area contributed by atoms with Crippen LogP contribution in [0.5, 0.6) is 5.88 Å². The van der Waals surface area contributed by atoms with Crippen molar-refractivity contribution in [2.75, 3.05) is 12.4 Å². The van der Waals surface area contributed by atoms with E-state index in [1.165, 1.54) is 26.0 Å². The lowest BCUT2D eigenvalue weighted by Gasteiger charge is -2.06. The van der Waals surface area contributed by atoms with Crippen molar-refractivity contribution in [1.82, 2.24) is 9.97 Å². The fourth-order valence-corrected chi connectivity index (χ4v) is 1.38. The summed E-state index contributed by atoms with van der Waals surface area (Å²) >= 11 is 0. The molecule has 0 aliphatic heterocycles. The molecule has 2 heterocycles. The number of rotatable bonds is 5. The SMILES string of the molecule is COc1ncnc(NCc2ccoc2)c1[N+](=O)[O-]. The molecule has 2 aromatic rings. The smallest absolute Gasteiger partial charge is 0.372 e. The van der Waals surface area contributed by atoms with Crippen LogP contribution in [0.2, 0.25) is 0 Å². The van der Waals surface area contributed by atoms with Gasteiger partial charge in [-0.25, -0.2) is 4.98 Å². The van der Waals surface area contributed by atoms with Gasteiger partial charge in [-0.2, -0.15) is 4.98 Å². The van der Waals surface area contributed by atoms with E-state index in [4.69, 9.17) is 9.15 Å². The topological polar surface area (TPSA) is 103 Å². The fraction of sp³-hybridized carbons (Fsp3) is 0.200. The number of methoxy groups -OCH3 is 1. The molecule has 0 aliphatic carbocycles. The Labute approximate surface area is 102 Å². The van der Waals surface area contributed by atoms with Crippen molar-refractivity contribution in [3.05, 3.63) is 40.6 Å². The molecule has 0 aliphatic rings. The minimum absolute atomic E-state index is 0.0790. The summed E-state index contributed by atoms with van der Waals surface area (Å²) in [6.07, 6.45) is 4.26. The van der Waals surface area contributed by atoms with Crippen LogP contribution < -0.4 is 10.1 Å². The van der Waals surface area contributed by atoms with Crippen LogP contribution in [0.4, 0.5) is 11.5 Å². The average molecular weight is 250 g/mol. The third-order valence-electron chi connectivity index (χ3n) is 2.20. The van der Waals surface area contributed by atoms with Gasteiger partial charge in [0.1, 0.15) is 6.33 Å². The largest absolute Gasteiger partial charge is 0.476 e. The quantitative estimate of drug-likeness (QED) is 0.634. The molecule has 0 saturated heterocycles. The van der Waals surface area contributed by atoms with Gasteiger partial charge in [0.2, 0.25) is 5.82 Å².